The van der Waals surface area contributed by atoms with Gasteiger partial charge in [-0.1, -0.05) is 98.0 Å². The van der Waals surface area contributed by atoms with Gasteiger partial charge in [0.25, 0.3) is 0 Å². The van der Waals surface area contributed by atoms with E-state index in [4.69, 9.17) is 34.1 Å². The average molecular weight is 921 g/mol. The molecule has 2 fully saturated rings. The minimum Gasteiger partial charge on any atom is -0.371 e. The number of rotatable bonds is 9. The molecule has 2 N–H and O–H groups in total. The summed E-state index contributed by atoms with van der Waals surface area (Å²) in [4.78, 5) is 25.7. The predicted molar refractivity (Wildman–Crippen MR) is 254 cm³/mol. The summed E-state index contributed by atoms with van der Waals surface area (Å²) in [5.41, 5.74) is 2.70. The summed E-state index contributed by atoms with van der Waals surface area (Å²) in [6.45, 7) is 20.0. The molecular weight excluding hydrogens is 853 g/mol. The number of nitrogens with zero attached hydrogens (tertiary/aromatic N) is 5. The number of hydrogen-bond acceptors (Lipinski definition) is 13. The Kier molecular flexibility index (Phi) is 18.8. The highest BCUT2D eigenvalue weighted by Gasteiger charge is 2.51. The number of nitrogens with two attached hydrogens (primary N) is 1. The highest BCUT2D eigenvalue weighted by Crippen LogP contribution is 2.42. The van der Waals surface area contributed by atoms with Crippen LogP contribution in [-0.4, -0.2) is 125 Å². The van der Waals surface area contributed by atoms with Crippen LogP contribution >= 0.6 is 23.5 Å². The van der Waals surface area contributed by atoms with Crippen LogP contribution in [0.4, 0.5) is 0 Å². The highest BCUT2D eigenvalue weighted by atomic mass is 32.2. The molecule has 0 saturated carbocycles. The van der Waals surface area contributed by atoms with Crippen molar-refractivity contribution in [3.8, 4) is 0 Å². The smallest absolute Gasteiger partial charge is 0.161 e. The van der Waals surface area contributed by atoms with Crippen molar-refractivity contribution < 1.29 is 32.2 Å². The number of Topliss-reactive ketones (excluding diaryl/α,β-unsaturated/α-hetero) is 1. The lowest BCUT2D eigenvalue weighted by atomic mass is 9.88. The van der Waals surface area contributed by atoms with E-state index in [1.807, 2.05) is 142 Å². The fourth-order valence-corrected chi connectivity index (χ4v) is 9.60. The third kappa shape index (κ3) is 14.3. The molecule has 2 aromatic rings. The summed E-state index contributed by atoms with van der Waals surface area (Å²) in [5, 5.41) is 6.91. The number of hydrogen-bond donors (Lipinski definition) is 1. The second-order valence-corrected chi connectivity index (χ2v) is 23.9. The van der Waals surface area contributed by atoms with E-state index in [2.05, 4.69) is 23.5 Å². The van der Waals surface area contributed by atoms with Crippen molar-refractivity contribution in [3.63, 3.8) is 0 Å². The number of fused-ring (bicyclic) bond motifs is 2. The first-order chi connectivity index (χ1) is 28.5. The number of amidine groups is 2. The van der Waals surface area contributed by atoms with E-state index in [1.165, 1.54) is 0 Å². The van der Waals surface area contributed by atoms with Crippen LogP contribution in [0.2, 0.25) is 0 Å². The number of ketones is 1. The molecule has 17 heteroatoms. The predicted octanol–water partition coefficient (Wildman–Crippen LogP) is 6.85. The molecule has 0 aromatic heterocycles. The van der Waals surface area contributed by atoms with Crippen molar-refractivity contribution in [2.24, 2.45) is 31.4 Å². The first-order valence-electron chi connectivity index (χ1n) is 20.6. The van der Waals surface area contributed by atoms with E-state index in [0.717, 1.165) is 27.2 Å². The molecule has 0 bridgehead atoms. The summed E-state index contributed by atoms with van der Waals surface area (Å²) in [5.74, 6) is 0.0491. The Morgan fingerprint density at radius 3 is 1.44 bits per heavy atom. The zero-order valence-electron chi connectivity index (χ0n) is 38.3. The molecule has 340 valence electrons. The summed E-state index contributed by atoms with van der Waals surface area (Å²) in [6.07, 6.45) is -0.950. The van der Waals surface area contributed by atoms with Crippen LogP contribution in [0.15, 0.2) is 75.0 Å². The van der Waals surface area contributed by atoms with Crippen LogP contribution in [0, 0.1) is 11.8 Å². The van der Waals surface area contributed by atoms with Crippen LogP contribution in [0.25, 0.3) is 0 Å². The van der Waals surface area contributed by atoms with Crippen molar-refractivity contribution in [3.05, 3.63) is 71.8 Å². The molecule has 2 saturated heterocycles. The van der Waals surface area contributed by atoms with Crippen molar-refractivity contribution in [1.82, 2.24) is 9.80 Å². The molecule has 0 radical (unpaired) electrons. The molecule has 13 nitrogen and oxygen atoms in total. The normalized spacial score (nSPS) is 29.6. The van der Waals surface area contributed by atoms with Crippen molar-refractivity contribution >= 4 is 67.3 Å². The van der Waals surface area contributed by atoms with E-state index in [9.17, 15) is 13.2 Å². The maximum atomic E-state index is 12.6. The van der Waals surface area contributed by atoms with Gasteiger partial charge in [0.1, 0.15) is 46.1 Å². The van der Waals surface area contributed by atoms with Gasteiger partial charge in [0.2, 0.25) is 0 Å². The Balaban J connectivity index is 0.000000236. The fraction of sp³-hybridized carbons (Fsp3) is 0.636. The third-order valence-electron chi connectivity index (χ3n) is 10.2. The van der Waals surface area contributed by atoms with Gasteiger partial charge >= 0.3 is 0 Å². The summed E-state index contributed by atoms with van der Waals surface area (Å²) >= 11 is 3.19. The van der Waals surface area contributed by atoms with Gasteiger partial charge < -0.3 is 28.7 Å². The van der Waals surface area contributed by atoms with Crippen molar-refractivity contribution in [2.45, 2.75) is 139 Å². The van der Waals surface area contributed by atoms with Crippen LogP contribution in [-0.2, 0) is 58.9 Å². The van der Waals surface area contributed by atoms with Gasteiger partial charge in [-0.25, -0.2) is 8.42 Å². The standard InChI is InChI=1S/C22H33N3O3S2.C18H24N2O3S.C4H11NOS/c1-14-18(15(2)24-30(26)22(3,4)5)28-20-17(23-21(29-20)25(6)7)19(14)27-13-16-11-9-8-10-12-16;1-11-15(12(2)21)23-17-14(19-18(24-17)20(3)4)16(11)22-10-13-8-6-5-7-9-13;1-4(2,3)7(5)6/h8-12,14,17-20H,13H2,1-7H3;5-9,11,14-17H,10H2,1-4H3;5H2,1-3H3/t14-,17-,18+,19+,20-,30?;11-,14-,15+,16+,17-;/m11./s1. The molecule has 2 aromatic carbocycles. The molecule has 0 spiro atoms. The lowest BCUT2D eigenvalue weighted by Crippen LogP contribution is -2.53. The van der Waals surface area contributed by atoms with Gasteiger partial charge in [-0.05, 0) is 66.5 Å². The summed E-state index contributed by atoms with van der Waals surface area (Å²) < 4.78 is 51.9. The largest absolute Gasteiger partial charge is 0.371 e. The number of ether oxygens (including phenoxy) is 4. The second-order valence-electron chi connectivity index (χ2n) is 18.0. The van der Waals surface area contributed by atoms with Gasteiger partial charge in [-0.3, -0.25) is 19.9 Å². The Hall–Kier alpha value is -2.48. The Morgan fingerprint density at radius 2 is 1.10 bits per heavy atom. The first kappa shape index (κ1) is 51.2. The van der Waals surface area contributed by atoms with Crippen LogP contribution in [0.3, 0.4) is 0 Å². The molecular formula is C44H68N6O7S4. The van der Waals surface area contributed by atoms with Crippen LogP contribution in [0.5, 0.6) is 0 Å². The SMILES string of the molecule is CC(=NS(=O)C(C)(C)C)[C@H]1O[C@@H]2SC(N(C)C)=N[C@@H]2[C@@H](OCc2ccccc2)[C@@H]1C.CC(=O)[C@H]1O[C@@H]2SC(N(C)C)=N[C@@H]2[C@@H](OCc2ccccc2)[C@@H]1C.CC(C)(C)S(N)=O. The number of carbonyl (C=O) groups is 1. The maximum absolute atomic E-state index is 12.6. The zero-order chi connectivity index (χ0) is 45.4. The molecule has 4 aliphatic heterocycles. The average Bonchev–Trinajstić information content (AvgIpc) is 3.83. The lowest BCUT2D eigenvalue weighted by Gasteiger charge is -2.41. The van der Waals surface area contributed by atoms with Gasteiger partial charge in [0.15, 0.2) is 16.1 Å². The summed E-state index contributed by atoms with van der Waals surface area (Å²) in [6, 6.07) is 20.1. The minimum absolute atomic E-state index is 0.0292. The number of carbonyl (C=O) groups excluding carboxylic acids is 1. The van der Waals surface area contributed by atoms with Crippen molar-refractivity contribution in [2.75, 3.05) is 28.2 Å². The zero-order valence-corrected chi connectivity index (χ0v) is 41.5. The van der Waals surface area contributed by atoms with E-state index >= 15 is 0 Å². The van der Waals surface area contributed by atoms with Gasteiger partial charge in [-0.15, -0.1) is 0 Å². The van der Waals surface area contributed by atoms with E-state index in [1.54, 1.807) is 30.4 Å². The van der Waals surface area contributed by atoms with Gasteiger partial charge in [-0.2, -0.15) is 4.40 Å². The lowest BCUT2D eigenvalue weighted by molar-refractivity contribution is -0.158. The van der Waals surface area contributed by atoms with E-state index in [-0.39, 0.29) is 63.6 Å². The summed E-state index contributed by atoms with van der Waals surface area (Å²) in [7, 11) is 5.40. The first-order valence-corrected chi connectivity index (χ1v) is 24.7. The molecule has 6 rings (SSSR count). The van der Waals surface area contributed by atoms with E-state index in [0.29, 0.717) is 13.2 Å². The fourth-order valence-electron chi connectivity index (χ4n) is 6.70. The molecule has 2 unspecified atom stereocenters. The molecule has 61 heavy (non-hydrogen) atoms. The monoisotopic (exact) mass is 920 g/mol. The Morgan fingerprint density at radius 1 is 0.721 bits per heavy atom. The quantitative estimate of drug-likeness (QED) is 0.263. The number of benzene rings is 2. The molecule has 4 aliphatic rings. The number of aliphatic imine (C=N–C) groups is 2. The van der Waals surface area contributed by atoms with Gasteiger partial charge in [0, 0.05) is 40.0 Å². The van der Waals surface area contributed by atoms with Crippen LogP contribution in [0.1, 0.15) is 80.4 Å². The highest BCUT2D eigenvalue weighted by molar-refractivity contribution is 8.14. The van der Waals surface area contributed by atoms with Crippen molar-refractivity contribution in [1.29, 1.82) is 0 Å². The topological polar surface area (TPSA) is 158 Å². The molecule has 4 heterocycles. The Bertz CT molecular complexity index is 1890. The van der Waals surface area contributed by atoms with Crippen LogP contribution < -0.4 is 5.14 Å². The van der Waals surface area contributed by atoms with Gasteiger partial charge in [0.05, 0.1) is 51.6 Å². The third-order valence-corrected chi connectivity index (χ3v) is 15.6. The minimum atomic E-state index is -1.33. The molecule has 0 amide bonds. The Labute approximate surface area is 378 Å². The second kappa shape index (κ2) is 22.4. The maximum Gasteiger partial charge on any atom is 0.161 e. The van der Waals surface area contributed by atoms with E-state index < -0.39 is 32.8 Å². The number of thioether (sulfide) groups is 2. The molecule has 12 atom stereocenters. The molecule has 0 aliphatic carbocycles.